The van der Waals surface area contributed by atoms with Crippen molar-refractivity contribution in [2.24, 2.45) is 0 Å². The molecule has 0 unspecified atom stereocenters. The van der Waals surface area contributed by atoms with E-state index in [4.69, 9.17) is 9.84 Å². The van der Waals surface area contributed by atoms with Crippen molar-refractivity contribution in [3.8, 4) is 0 Å². The van der Waals surface area contributed by atoms with Crippen molar-refractivity contribution < 1.29 is 19.2 Å². The minimum Gasteiger partial charge on any atom is -0.394 e. The van der Waals surface area contributed by atoms with Crippen molar-refractivity contribution in [3.63, 3.8) is 0 Å². The summed E-state index contributed by atoms with van der Waals surface area (Å²) in [6.45, 7) is 0.642. The van der Waals surface area contributed by atoms with Gasteiger partial charge in [0.2, 0.25) is 0 Å². The predicted octanol–water partition coefficient (Wildman–Crippen LogP) is 1.92. The first-order valence-corrected chi connectivity index (χ1v) is 5.91. The van der Waals surface area contributed by atoms with E-state index in [9.17, 15) is 14.5 Å². The van der Waals surface area contributed by atoms with Crippen molar-refractivity contribution in [2.75, 3.05) is 31.7 Å². The van der Waals surface area contributed by atoms with Gasteiger partial charge >= 0.3 is 0 Å². The van der Waals surface area contributed by atoms with Crippen molar-refractivity contribution in [1.29, 1.82) is 0 Å². The first-order valence-electron chi connectivity index (χ1n) is 5.12. The van der Waals surface area contributed by atoms with E-state index in [1.807, 2.05) is 0 Å². The van der Waals surface area contributed by atoms with Gasteiger partial charge in [0.1, 0.15) is 11.5 Å². The summed E-state index contributed by atoms with van der Waals surface area (Å²) in [5, 5.41) is 22.0. The molecule has 0 aliphatic heterocycles. The molecule has 1 aromatic rings. The van der Waals surface area contributed by atoms with E-state index in [-0.39, 0.29) is 42.2 Å². The molecule has 0 saturated heterocycles. The van der Waals surface area contributed by atoms with E-state index in [1.54, 1.807) is 0 Å². The summed E-state index contributed by atoms with van der Waals surface area (Å²) in [4.78, 5) is 10.2. The smallest absolute Gasteiger partial charge is 0.293 e. The lowest BCUT2D eigenvalue weighted by Gasteiger charge is -2.08. The number of aliphatic hydroxyl groups excluding tert-OH is 1. The normalized spacial score (nSPS) is 10.4. The molecule has 0 spiro atoms. The van der Waals surface area contributed by atoms with Crippen LogP contribution in [0.15, 0.2) is 16.6 Å². The number of ether oxygens (including phenoxy) is 1. The number of nitro groups is 1. The zero-order valence-electron chi connectivity index (χ0n) is 9.36. The number of aliphatic hydroxyl groups is 1. The SMILES string of the molecule is O=[N+]([O-])c1cc(Br)c(F)cc1NCCOCCO. The first-order chi connectivity index (χ1) is 8.56. The van der Waals surface area contributed by atoms with Gasteiger partial charge in [0.25, 0.3) is 5.69 Å². The summed E-state index contributed by atoms with van der Waals surface area (Å²) in [5.74, 6) is -0.584. The lowest BCUT2D eigenvalue weighted by molar-refractivity contribution is -0.384. The van der Waals surface area contributed by atoms with Gasteiger partial charge in [-0.1, -0.05) is 0 Å². The molecule has 100 valence electrons. The molecular weight excluding hydrogens is 311 g/mol. The van der Waals surface area contributed by atoms with Crippen molar-refractivity contribution in [3.05, 3.63) is 32.5 Å². The molecule has 18 heavy (non-hydrogen) atoms. The molecule has 0 aliphatic rings. The third kappa shape index (κ3) is 4.21. The van der Waals surface area contributed by atoms with Crippen LogP contribution in [0.3, 0.4) is 0 Å². The van der Waals surface area contributed by atoms with Gasteiger partial charge in [-0.25, -0.2) is 4.39 Å². The highest BCUT2D eigenvalue weighted by molar-refractivity contribution is 9.10. The van der Waals surface area contributed by atoms with Crippen molar-refractivity contribution in [2.45, 2.75) is 0 Å². The molecule has 0 atom stereocenters. The van der Waals surface area contributed by atoms with Gasteiger partial charge < -0.3 is 15.2 Å². The van der Waals surface area contributed by atoms with Gasteiger partial charge in [-0.05, 0) is 15.9 Å². The highest BCUT2D eigenvalue weighted by atomic mass is 79.9. The Bertz CT molecular complexity index is 431. The zero-order chi connectivity index (χ0) is 13.5. The Morgan fingerprint density at radius 2 is 2.22 bits per heavy atom. The number of nitrogens with one attached hydrogen (secondary N) is 1. The second kappa shape index (κ2) is 7.24. The molecule has 0 radical (unpaired) electrons. The Kier molecular flexibility index (Phi) is 5.96. The lowest BCUT2D eigenvalue weighted by Crippen LogP contribution is -2.12. The fraction of sp³-hybridized carbons (Fsp3) is 0.400. The molecule has 0 aliphatic carbocycles. The number of benzene rings is 1. The Labute approximate surface area is 111 Å². The number of rotatable bonds is 7. The molecule has 0 heterocycles. The molecule has 0 aromatic heterocycles. The second-order valence-electron chi connectivity index (χ2n) is 3.30. The number of hydrogen-bond donors (Lipinski definition) is 2. The quantitative estimate of drug-likeness (QED) is 0.455. The van der Waals surface area contributed by atoms with Crippen LogP contribution >= 0.6 is 15.9 Å². The first kappa shape index (κ1) is 14.8. The summed E-state index contributed by atoms with van der Waals surface area (Å²) in [6, 6.07) is 2.15. The molecular formula is C10H12BrFN2O4. The summed E-state index contributed by atoms with van der Waals surface area (Å²) < 4.78 is 18.3. The minimum atomic E-state index is -0.596. The van der Waals surface area contributed by atoms with E-state index < -0.39 is 10.7 Å². The van der Waals surface area contributed by atoms with Crippen molar-refractivity contribution in [1.82, 2.24) is 0 Å². The molecule has 8 heteroatoms. The zero-order valence-corrected chi connectivity index (χ0v) is 10.9. The molecule has 0 fully saturated rings. The minimum absolute atomic E-state index is 0.0382. The van der Waals surface area contributed by atoms with Crippen molar-refractivity contribution >= 4 is 27.3 Å². The molecule has 0 amide bonds. The summed E-state index contributed by atoms with van der Waals surface area (Å²) in [6.07, 6.45) is 0. The van der Waals surface area contributed by atoms with Crippen LogP contribution in [-0.4, -0.2) is 36.4 Å². The lowest BCUT2D eigenvalue weighted by atomic mass is 10.2. The van der Waals surface area contributed by atoms with Gasteiger partial charge in [-0.2, -0.15) is 0 Å². The van der Waals surface area contributed by atoms with E-state index >= 15 is 0 Å². The Morgan fingerprint density at radius 3 is 2.83 bits per heavy atom. The van der Waals surface area contributed by atoms with Crippen LogP contribution in [0.1, 0.15) is 0 Å². The molecule has 1 aromatic carbocycles. The molecule has 0 bridgehead atoms. The largest absolute Gasteiger partial charge is 0.394 e. The highest BCUT2D eigenvalue weighted by Crippen LogP contribution is 2.30. The van der Waals surface area contributed by atoms with Crippen LogP contribution in [0, 0.1) is 15.9 Å². The van der Waals surface area contributed by atoms with Crippen LogP contribution < -0.4 is 5.32 Å². The summed E-state index contributed by atoms with van der Waals surface area (Å²) in [7, 11) is 0. The molecule has 2 N–H and O–H groups in total. The average Bonchev–Trinajstić information content (AvgIpc) is 2.32. The van der Waals surface area contributed by atoms with Gasteiger partial charge in [-0.3, -0.25) is 10.1 Å². The molecule has 6 nitrogen and oxygen atoms in total. The van der Waals surface area contributed by atoms with Crippen LogP contribution in [0.5, 0.6) is 0 Å². The third-order valence-electron chi connectivity index (χ3n) is 2.03. The maximum atomic E-state index is 13.3. The van der Waals surface area contributed by atoms with E-state index in [0.717, 1.165) is 12.1 Å². The number of nitro benzene ring substituents is 1. The number of nitrogens with zero attached hydrogens (tertiary/aromatic N) is 1. The Balaban J connectivity index is 2.68. The molecule has 1 rings (SSSR count). The predicted molar refractivity (Wildman–Crippen MR) is 67.1 cm³/mol. The number of halogens is 2. The van der Waals surface area contributed by atoms with Gasteiger partial charge in [0, 0.05) is 18.7 Å². The highest BCUT2D eigenvalue weighted by Gasteiger charge is 2.17. The molecule has 0 saturated carbocycles. The van der Waals surface area contributed by atoms with Crippen LogP contribution in [-0.2, 0) is 4.74 Å². The second-order valence-corrected chi connectivity index (χ2v) is 4.16. The summed E-state index contributed by atoms with van der Waals surface area (Å²) >= 11 is 2.89. The van der Waals surface area contributed by atoms with Gasteiger partial charge in [0.05, 0.1) is 29.2 Å². The average molecular weight is 323 g/mol. The van der Waals surface area contributed by atoms with Gasteiger partial charge in [0.15, 0.2) is 0 Å². The summed E-state index contributed by atoms with van der Waals surface area (Å²) in [5.41, 5.74) is -0.126. The Hall–Kier alpha value is -1.25. The van der Waals surface area contributed by atoms with Crippen LogP contribution in [0.25, 0.3) is 0 Å². The fourth-order valence-electron chi connectivity index (χ4n) is 1.25. The maximum absolute atomic E-state index is 13.3. The maximum Gasteiger partial charge on any atom is 0.293 e. The number of anilines is 1. The Morgan fingerprint density at radius 1 is 1.50 bits per heavy atom. The van der Waals surface area contributed by atoms with E-state index in [0.29, 0.717) is 0 Å². The topological polar surface area (TPSA) is 84.6 Å². The fourth-order valence-corrected chi connectivity index (χ4v) is 1.58. The van der Waals surface area contributed by atoms with Crippen LogP contribution in [0.4, 0.5) is 15.8 Å². The van der Waals surface area contributed by atoms with E-state index in [1.165, 1.54) is 0 Å². The third-order valence-corrected chi connectivity index (χ3v) is 2.64. The number of hydrogen-bond acceptors (Lipinski definition) is 5. The standard InChI is InChI=1S/C10H12BrFN2O4/c11-7-5-10(14(16)17)9(6-8(7)12)13-1-3-18-4-2-15/h5-6,13,15H,1-4H2. The van der Waals surface area contributed by atoms with Gasteiger partial charge in [-0.15, -0.1) is 0 Å². The van der Waals surface area contributed by atoms with Crippen LogP contribution in [0.2, 0.25) is 0 Å². The monoisotopic (exact) mass is 322 g/mol. The van der Waals surface area contributed by atoms with E-state index in [2.05, 4.69) is 21.2 Å².